The number of rotatable bonds is 3. The van der Waals surface area contributed by atoms with Crippen LogP contribution in [0, 0.1) is 0 Å². The summed E-state index contributed by atoms with van der Waals surface area (Å²) < 4.78 is 0. The zero-order chi connectivity index (χ0) is 13.7. The van der Waals surface area contributed by atoms with E-state index in [1.165, 1.54) is 18.2 Å². The smallest absolute Gasteiger partial charge is 0.313 e. The van der Waals surface area contributed by atoms with Crippen LogP contribution in [0.3, 0.4) is 0 Å². The highest BCUT2D eigenvalue weighted by molar-refractivity contribution is 6.40. The lowest BCUT2D eigenvalue weighted by Gasteiger charge is -2.11. The second-order valence-corrected chi connectivity index (χ2v) is 4.54. The van der Waals surface area contributed by atoms with Crippen molar-refractivity contribution in [3.05, 3.63) is 28.2 Å². The number of carbonyl (C=O) groups excluding carboxylic acids is 2. The first-order valence-corrected chi connectivity index (χ1v) is 5.86. The largest absolute Gasteiger partial charge is 0.394 e. The predicted octanol–water partition coefficient (Wildman–Crippen LogP) is 1.43. The van der Waals surface area contributed by atoms with Crippen LogP contribution in [0.5, 0.6) is 0 Å². The Labute approximate surface area is 114 Å². The third-order valence-electron chi connectivity index (χ3n) is 1.98. The van der Waals surface area contributed by atoms with E-state index in [0.717, 1.165) is 0 Å². The molecule has 0 aliphatic heterocycles. The van der Waals surface area contributed by atoms with Gasteiger partial charge in [0.25, 0.3) is 0 Å². The van der Waals surface area contributed by atoms with Gasteiger partial charge < -0.3 is 15.7 Å². The van der Waals surface area contributed by atoms with Crippen molar-refractivity contribution >= 4 is 40.7 Å². The minimum absolute atomic E-state index is 0.248. The van der Waals surface area contributed by atoms with E-state index in [-0.39, 0.29) is 6.61 Å². The Morgan fingerprint density at radius 2 is 1.78 bits per heavy atom. The molecule has 1 unspecified atom stereocenters. The normalized spacial score (nSPS) is 11.8. The zero-order valence-electron chi connectivity index (χ0n) is 9.54. The Morgan fingerprint density at radius 3 is 2.28 bits per heavy atom. The van der Waals surface area contributed by atoms with Crippen LogP contribution in [-0.4, -0.2) is 29.6 Å². The van der Waals surface area contributed by atoms with Gasteiger partial charge in [-0.05, 0) is 25.1 Å². The van der Waals surface area contributed by atoms with Crippen molar-refractivity contribution in [3.8, 4) is 0 Å². The summed E-state index contributed by atoms with van der Waals surface area (Å²) in [4.78, 5) is 22.9. The van der Waals surface area contributed by atoms with E-state index in [1.807, 2.05) is 0 Å². The highest BCUT2D eigenvalue weighted by Crippen LogP contribution is 2.22. The fourth-order valence-corrected chi connectivity index (χ4v) is 1.67. The fourth-order valence-electron chi connectivity index (χ4n) is 1.15. The van der Waals surface area contributed by atoms with E-state index in [9.17, 15) is 9.59 Å². The van der Waals surface area contributed by atoms with Crippen LogP contribution in [0.4, 0.5) is 5.69 Å². The first-order chi connectivity index (χ1) is 8.42. The number of halogens is 2. The molecule has 0 saturated carbocycles. The van der Waals surface area contributed by atoms with Crippen molar-refractivity contribution in [2.75, 3.05) is 11.9 Å². The molecule has 0 aliphatic carbocycles. The highest BCUT2D eigenvalue weighted by Gasteiger charge is 2.16. The molecule has 1 aromatic carbocycles. The Hall–Kier alpha value is -1.30. The number of nitrogens with one attached hydrogen (secondary N) is 2. The molecule has 98 valence electrons. The molecule has 1 aromatic rings. The molecule has 0 bridgehead atoms. The van der Waals surface area contributed by atoms with Crippen LogP contribution in [0.1, 0.15) is 6.92 Å². The molecule has 0 spiro atoms. The topological polar surface area (TPSA) is 78.4 Å². The zero-order valence-corrected chi connectivity index (χ0v) is 11.0. The number of aliphatic hydroxyl groups excluding tert-OH is 1. The van der Waals surface area contributed by atoms with Gasteiger partial charge in [0, 0.05) is 21.8 Å². The molecule has 0 aromatic heterocycles. The average molecular weight is 291 g/mol. The number of benzene rings is 1. The van der Waals surface area contributed by atoms with Gasteiger partial charge in [-0.3, -0.25) is 9.59 Å². The van der Waals surface area contributed by atoms with Gasteiger partial charge >= 0.3 is 11.8 Å². The van der Waals surface area contributed by atoms with Crippen LogP contribution in [-0.2, 0) is 9.59 Å². The van der Waals surface area contributed by atoms with Gasteiger partial charge in [-0.15, -0.1) is 0 Å². The molecule has 0 fully saturated rings. The number of amides is 2. The van der Waals surface area contributed by atoms with E-state index in [0.29, 0.717) is 15.7 Å². The summed E-state index contributed by atoms with van der Waals surface area (Å²) in [5.41, 5.74) is 0.323. The number of anilines is 1. The number of hydrogen-bond acceptors (Lipinski definition) is 3. The Balaban J connectivity index is 2.66. The summed E-state index contributed by atoms with van der Waals surface area (Å²) in [5.74, 6) is -1.69. The van der Waals surface area contributed by atoms with Crippen LogP contribution in [0.15, 0.2) is 18.2 Å². The second kappa shape index (κ2) is 6.58. The van der Waals surface area contributed by atoms with Crippen molar-refractivity contribution in [1.29, 1.82) is 0 Å². The maximum absolute atomic E-state index is 11.5. The number of carbonyl (C=O) groups is 2. The van der Waals surface area contributed by atoms with Crippen molar-refractivity contribution < 1.29 is 14.7 Å². The summed E-state index contributed by atoms with van der Waals surface area (Å²) in [5, 5.41) is 14.1. The second-order valence-electron chi connectivity index (χ2n) is 3.67. The number of aliphatic hydroxyl groups is 1. The van der Waals surface area contributed by atoms with Crippen molar-refractivity contribution in [2.24, 2.45) is 0 Å². The van der Waals surface area contributed by atoms with E-state index < -0.39 is 17.9 Å². The molecule has 1 atom stereocenters. The molecular weight excluding hydrogens is 279 g/mol. The lowest BCUT2D eigenvalue weighted by atomic mass is 10.3. The minimum atomic E-state index is -0.853. The molecule has 0 radical (unpaired) electrons. The number of hydrogen-bond donors (Lipinski definition) is 3. The molecule has 3 N–H and O–H groups in total. The summed E-state index contributed by atoms with van der Waals surface area (Å²) in [6, 6.07) is 3.95. The van der Waals surface area contributed by atoms with Gasteiger partial charge in [0.2, 0.25) is 0 Å². The van der Waals surface area contributed by atoms with E-state index in [4.69, 9.17) is 28.3 Å². The summed E-state index contributed by atoms with van der Waals surface area (Å²) in [6.45, 7) is 1.32. The molecule has 0 heterocycles. The first kappa shape index (κ1) is 14.8. The minimum Gasteiger partial charge on any atom is -0.394 e. The molecule has 0 saturated heterocycles. The average Bonchev–Trinajstić information content (AvgIpc) is 2.27. The Morgan fingerprint density at radius 1 is 1.22 bits per heavy atom. The third kappa shape index (κ3) is 4.52. The van der Waals surface area contributed by atoms with E-state index in [2.05, 4.69) is 10.6 Å². The quantitative estimate of drug-likeness (QED) is 0.737. The van der Waals surface area contributed by atoms with Gasteiger partial charge in [0.05, 0.1) is 6.61 Å². The van der Waals surface area contributed by atoms with Gasteiger partial charge in [-0.25, -0.2) is 0 Å². The molecule has 7 heteroatoms. The van der Waals surface area contributed by atoms with Crippen molar-refractivity contribution in [2.45, 2.75) is 13.0 Å². The predicted molar refractivity (Wildman–Crippen MR) is 69.8 cm³/mol. The molecule has 2 amide bonds. The Kier molecular flexibility index (Phi) is 5.40. The summed E-state index contributed by atoms with van der Waals surface area (Å²) in [7, 11) is 0. The van der Waals surface area contributed by atoms with Gasteiger partial charge in [0.1, 0.15) is 0 Å². The third-order valence-corrected chi connectivity index (χ3v) is 2.41. The first-order valence-electron chi connectivity index (χ1n) is 5.11. The van der Waals surface area contributed by atoms with Crippen LogP contribution in [0.25, 0.3) is 0 Å². The van der Waals surface area contributed by atoms with Gasteiger partial charge in [-0.1, -0.05) is 23.2 Å². The van der Waals surface area contributed by atoms with Crippen LogP contribution < -0.4 is 10.6 Å². The van der Waals surface area contributed by atoms with Crippen LogP contribution in [0.2, 0.25) is 10.0 Å². The maximum atomic E-state index is 11.5. The summed E-state index contributed by atoms with van der Waals surface area (Å²) in [6.07, 6.45) is 0. The highest BCUT2D eigenvalue weighted by atomic mass is 35.5. The maximum Gasteiger partial charge on any atom is 0.313 e. The van der Waals surface area contributed by atoms with Gasteiger partial charge in [-0.2, -0.15) is 0 Å². The molecular formula is C11H12Cl2N2O3. The van der Waals surface area contributed by atoms with Gasteiger partial charge in [0.15, 0.2) is 0 Å². The van der Waals surface area contributed by atoms with E-state index in [1.54, 1.807) is 6.92 Å². The van der Waals surface area contributed by atoms with Crippen molar-refractivity contribution in [3.63, 3.8) is 0 Å². The van der Waals surface area contributed by atoms with E-state index >= 15 is 0 Å². The lowest BCUT2D eigenvalue weighted by molar-refractivity contribution is -0.136. The molecule has 0 aliphatic rings. The molecule has 18 heavy (non-hydrogen) atoms. The Bertz CT molecular complexity index is 445. The monoisotopic (exact) mass is 290 g/mol. The SMILES string of the molecule is CC(CO)NC(=O)C(=O)Nc1cc(Cl)cc(Cl)c1. The lowest BCUT2D eigenvalue weighted by Crippen LogP contribution is -2.42. The van der Waals surface area contributed by atoms with Crippen molar-refractivity contribution in [1.82, 2.24) is 5.32 Å². The summed E-state index contributed by atoms with van der Waals surface area (Å²) >= 11 is 11.5. The standard InChI is InChI=1S/C11H12Cl2N2O3/c1-6(5-16)14-10(17)11(18)15-9-3-7(12)2-8(13)4-9/h2-4,6,16H,5H2,1H3,(H,14,17)(H,15,18). The molecule has 1 rings (SSSR count). The van der Waals surface area contributed by atoms with Crippen LogP contribution >= 0.6 is 23.2 Å². The fraction of sp³-hybridized carbons (Fsp3) is 0.273. The molecule has 5 nitrogen and oxygen atoms in total.